The molecule has 26 nitrogen and oxygen atoms in total. The van der Waals surface area contributed by atoms with E-state index in [0.717, 1.165) is 5.56 Å². The normalized spacial score (nSPS) is 12.1. The van der Waals surface area contributed by atoms with E-state index in [9.17, 15) is 19.2 Å². The van der Waals surface area contributed by atoms with Gasteiger partial charge in [0.2, 0.25) is 11.8 Å². The zero-order chi connectivity index (χ0) is 59.9. The molecule has 0 fully saturated rings. The monoisotopic (exact) mass is 1180 g/mol. The van der Waals surface area contributed by atoms with E-state index in [1.807, 2.05) is 0 Å². The predicted molar refractivity (Wildman–Crippen MR) is 299 cm³/mol. The summed E-state index contributed by atoms with van der Waals surface area (Å²) in [5.41, 5.74) is -0.441. The van der Waals surface area contributed by atoms with E-state index in [2.05, 4.69) is 16.0 Å². The first-order chi connectivity index (χ1) is 39.7. The molecule has 3 amide bonds. The largest absolute Gasteiger partial charge is 0.482 e. The molecule has 0 bridgehead atoms. The van der Waals surface area contributed by atoms with E-state index in [1.54, 1.807) is 72.9 Å². The van der Waals surface area contributed by atoms with Crippen LogP contribution in [0.3, 0.4) is 0 Å². The second kappa shape index (κ2) is 53.8. The van der Waals surface area contributed by atoms with Gasteiger partial charge in [-0.3, -0.25) is 9.59 Å². The summed E-state index contributed by atoms with van der Waals surface area (Å²) in [5.74, 6) is -0.802. The summed E-state index contributed by atoms with van der Waals surface area (Å²) in [6, 6.07) is 5.99. The number of hydrogen-bond acceptors (Lipinski definition) is 23. The highest BCUT2D eigenvalue weighted by Gasteiger charge is 2.22. The average Bonchev–Trinajstić information content (AvgIpc) is 3.42. The molecule has 1 atom stereocenters. The standard InChI is InChI=1S/C56H101N3O23/c1-55(2,3)81-52(61)47-80-49-10-8-48(9-11-49)46-50(59-51(60)12-15-65-20-23-69-28-29-71-25-22-67-17-14-58-54(63)82-56(4,5)6)53(62)57-13-16-66-21-24-70-30-31-73-34-35-75-38-39-77-42-43-79-45-44-78-41-40-76-37-36-74-33-32-72-27-26-68-19-18-64-7/h8-11,50H,12-47H2,1-7H3,(H,57,62)(H,58,63)(H,59,60). The Morgan fingerprint density at radius 3 is 1.06 bits per heavy atom. The van der Waals surface area contributed by atoms with Crippen molar-refractivity contribution in [3.63, 3.8) is 0 Å². The minimum atomic E-state index is -0.898. The predicted octanol–water partition coefficient (Wildman–Crippen LogP) is 2.36. The topological polar surface area (TPSA) is 280 Å². The van der Waals surface area contributed by atoms with Crippen molar-refractivity contribution in [1.82, 2.24) is 16.0 Å². The lowest BCUT2D eigenvalue weighted by Crippen LogP contribution is -2.48. The molecular formula is C56H101N3O23. The number of carbonyl (C=O) groups excluding carboxylic acids is 4. The lowest BCUT2D eigenvalue weighted by atomic mass is 10.0. The molecule has 0 spiro atoms. The van der Waals surface area contributed by atoms with Crippen molar-refractivity contribution in [2.45, 2.75) is 71.6 Å². The number of esters is 1. The van der Waals surface area contributed by atoms with Crippen LogP contribution in [0.2, 0.25) is 0 Å². The van der Waals surface area contributed by atoms with Crippen LogP contribution in [0.5, 0.6) is 5.75 Å². The Labute approximate surface area is 486 Å². The molecule has 26 heteroatoms. The van der Waals surface area contributed by atoms with Crippen molar-refractivity contribution >= 4 is 23.9 Å². The summed E-state index contributed by atoms with van der Waals surface area (Å²) < 4.78 is 103. The molecule has 1 rings (SSSR count). The fourth-order valence-electron chi connectivity index (χ4n) is 6.23. The Morgan fingerprint density at radius 2 is 0.720 bits per heavy atom. The maximum Gasteiger partial charge on any atom is 0.407 e. The van der Waals surface area contributed by atoms with Crippen molar-refractivity contribution in [3.05, 3.63) is 29.8 Å². The van der Waals surface area contributed by atoms with Crippen LogP contribution in [0.25, 0.3) is 0 Å². The van der Waals surface area contributed by atoms with Crippen LogP contribution in [0, 0.1) is 0 Å². The van der Waals surface area contributed by atoms with Gasteiger partial charge in [0.1, 0.15) is 23.0 Å². The molecule has 0 heterocycles. The summed E-state index contributed by atoms with van der Waals surface area (Å²) in [6.45, 7) is 23.9. The number of carbonyl (C=O) groups is 4. The molecule has 0 saturated heterocycles. The van der Waals surface area contributed by atoms with Gasteiger partial charge in [0.05, 0.1) is 205 Å². The average molecular weight is 1180 g/mol. The molecule has 1 unspecified atom stereocenters. The minimum Gasteiger partial charge on any atom is -0.482 e. The van der Waals surface area contributed by atoms with Crippen molar-refractivity contribution in [3.8, 4) is 5.75 Å². The van der Waals surface area contributed by atoms with Crippen LogP contribution in [0.15, 0.2) is 24.3 Å². The van der Waals surface area contributed by atoms with Crippen LogP contribution >= 0.6 is 0 Å². The first-order valence-electron chi connectivity index (χ1n) is 28.3. The molecule has 0 radical (unpaired) electrons. The highest BCUT2D eigenvalue weighted by molar-refractivity contribution is 5.87. The Hall–Kier alpha value is -3.94. The Bertz CT molecular complexity index is 1660. The van der Waals surface area contributed by atoms with Gasteiger partial charge in [-0.25, -0.2) is 9.59 Å². The molecular weight excluding hydrogens is 1080 g/mol. The Balaban J connectivity index is 2.14. The quantitative estimate of drug-likeness (QED) is 0.0624. The Morgan fingerprint density at radius 1 is 0.402 bits per heavy atom. The first-order valence-corrected chi connectivity index (χ1v) is 28.3. The smallest absolute Gasteiger partial charge is 0.407 e. The fraction of sp³-hybridized carbons (Fsp3) is 0.821. The van der Waals surface area contributed by atoms with Crippen molar-refractivity contribution < 1.29 is 109 Å². The zero-order valence-corrected chi connectivity index (χ0v) is 50.2. The molecule has 82 heavy (non-hydrogen) atoms. The number of nitrogens with one attached hydrogen (secondary N) is 3. The second-order valence-corrected chi connectivity index (χ2v) is 19.5. The van der Waals surface area contributed by atoms with E-state index in [1.165, 1.54) is 0 Å². The molecule has 1 aromatic carbocycles. The maximum absolute atomic E-state index is 13.4. The molecule has 478 valence electrons. The Kier molecular flexibility index (Phi) is 49.9. The molecule has 3 N–H and O–H groups in total. The van der Waals surface area contributed by atoms with Gasteiger partial charge in [-0.2, -0.15) is 0 Å². The number of ether oxygens (including phenoxy) is 19. The number of alkyl carbamates (subject to hydrolysis) is 1. The van der Waals surface area contributed by atoms with Gasteiger partial charge in [-0.1, -0.05) is 12.1 Å². The third-order valence-electron chi connectivity index (χ3n) is 9.99. The van der Waals surface area contributed by atoms with E-state index in [-0.39, 0.29) is 57.6 Å². The van der Waals surface area contributed by atoms with E-state index in [0.29, 0.717) is 197 Å². The van der Waals surface area contributed by atoms with Gasteiger partial charge >= 0.3 is 12.1 Å². The summed E-state index contributed by atoms with van der Waals surface area (Å²) in [4.78, 5) is 50.1. The number of hydrogen-bond donors (Lipinski definition) is 3. The molecule has 1 aromatic rings. The SMILES string of the molecule is COCCOCCOCCOCCOCCOCCOCCOCCOCCOCCOCCOCCNC(=O)C(Cc1ccc(OCC(=O)OC(C)(C)C)cc1)NC(=O)CCOCCOCCOCCOCCNC(=O)OC(C)(C)C. The van der Waals surface area contributed by atoms with Crippen LogP contribution in [-0.2, 0) is 106 Å². The van der Waals surface area contributed by atoms with E-state index < -0.39 is 29.3 Å². The third-order valence-corrected chi connectivity index (χ3v) is 9.99. The molecule has 0 aliphatic carbocycles. The van der Waals surface area contributed by atoms with Gasteiger partial charge in [0, 0.05) is 33.0 Å². The van der Waals surface area contributed by atoms with E-state index >= 15 is 0 Å². The van der Waals surface area contributed by atoms with Crippen LogP contribution < -0.4 is 20.7 Å². The fourth-order valence-corrected chi connectivity index (χ4v) is 6.23. The summed E-state index contributed by atoms with van der Waals surface area (Å²) in [7, 11) is 1.64. The molecule has 0 aromatic heterocycles. The van der Waals surface area contributed by atoms with Crippen molar-refractivity contribution in [2.24, 2.45) is 0 Å². The first kappa shape index (κ1) is 76.1. The number of benzene rings is 1. The summed E-state index contributed by atoms with van der Waals surface area (Å²) >= 11 is 0. The van der Waals surface area contributed by atoms with Gasteiger partial charge in [-0.05, 0) is 59.2 Å². The highest BCUT2D eigenvalue weighted by Crippen LogP contribution is 2.15. The highest BCUT2D eigenvalue weighted by atomic mass is 16.6. The summed E-state index contributed by atoms with van der Waals surface area (Å²) in [5, 5.41) is 8.28. The maximum atomic E-state index is 13.4. The lowest BCUT2D eigenvalue weighted by molar-refractivity contribution is -0.157. The number of rotatable bonds is 58. The number of amides is 3. The molecule has 0 aliphatic rings. The zero-order valence-electron chi connectivity index (χ0n) is 50.2. The van der Waals surface area contributed by atoms with Gasteiger partial charge in [0.25, 0.3) is 0 Å². The second-order valence-electron chi connectivity index (χ2n) is 19.5. The van der Waals surface area contributed by atoms with Gasteiger partial charge in [-0.15, -0.1) is 0 Å². The van der Waals surface area contributed by atoms with Crippen molar-refractivity contribution in [2.75, 3.05) is 232 Å². The molecule has 0 saturated carbocycles. The van der Waals surface area contributed by atoms with Gasteiger partial charge < -0.3 is 106 Å². The number of methoxy groups -OCH3 is 1. The van der Waals surface area contributed by atoms with Crippen LogP contribution in [0.4, 0.5) is 4.79 Å². The van der Waals surface area contributed by atoms with E-state index in [4.69, 9.17) is 90.0 Å². The van der Waals surface area contributed by atoms with Crippen molar-refractivity contribution in [1.29, 1.82) is 0 Å². The minimum absolute atomic E-state index is 0.0222. The van der Waals surface area contributed by atoms with Crippen LogP contribution in [-0.4, -0.2) is 273 Å². The molecule has 0 aliphatic heterocycles. The van der Waals surface area contributed by atoms with Crippen LogP contribution in [0.1, 0.15) is 53.5 Å². The van der Waals surface area contributed by atoms with Gasteiger partial charge in [0.15, 0.2) is 6.61 Å². The third kappa shape index (κ3) is 54.0. The lowest BCUT2D eigenvalue weighted by Gasteiger charge is -2.20. The summed E-state index contributed by atoms with van der Waals surface area (Å²) in [6.07, 6.45) is -0.283.